The van der Waals surface area contributed by atoms with Gasteiger partial charge in [-0.3, -0.25) is 4.79 Å². The Kier molecular flexibility index (Phi) is 3.58. The van der Waals surface area contributed by atoms with Crippen molar-refractivity contribution in [1.82, 2.24) is 0 Å². The third kappa shape index (κ3) is 2.84. The van der Waals surface area contributed by atoms with Crippen molar-refractivity contribution < 1.29 is 9.00 Å². The van der Waals surface area contributed by atoms with Crippen LogP contribution in [0.4, 0.5) is 5.69 Å². The average Bonchev–Trinajstić information content (AvgIpc) is 2.40. The van der Waals surface area contributed by atoms with Crippen LogP contribution >= 0.6 is 0 Å². The average molecular weight is 259 g/mol. The minimum Gasteiger partial charge on any atom is -0.298 e. The molecule has 0 aliphatic rings. The monoisotopic (exact) mass is 259 g/mol. The van der Waals surface area contributed by atoms with Gasteiger partial charge in [0.15, 0.2) is 0 Å². The first kappa shape index (κ1) is 12.5. The summed E-state index contributed by atoms with van der Waals surface area (Å²) in [5.41, 5.74) is 1.19. The second kappa shape index (κ2) is 5.14. The molecule has 2 aromatic rings. The maximum absolute atomic E-state index is 12.5. The highest BCUT2D eigenvalue weighted by Gasteiger charge is 2.05. The van der Waals surface area contributed by atoms with Gasteiger partial charge in [-0.25, -0.2) is 4.21 Å². The van der Waals surface area contributed by atoms with Crippen LogP contribution in [0.5, 0.6) is 0 Å². The lowest BCUT2D eigenvalue weighted by Gasteiger charge is -2.04. The molecule has 4 heteroatoms. The van der Waals surface area contributed by atoms with Gasteiger partial charge in [-0.15, -0.1) is 0 Å². The Morgan fingerprint density at radius 1 is 1.00 bits per heavy atom. The molecule has 0 fully saturated rings. The number of carbonyl (C=O) groups is 1. The first-order valence-electron chi connectivity index (χ1n) is 5.44. The minimum absolute atomic E-state index is 0.580. The van der Waals surface area contributed by atoms with Crippen molar-refractivity contribution >= 4 is 21.7 Å². The van der Waals surface area contributed by atoms with Gasteiger partial charge in [0, 0.05) is 16.7 Å². The smallest absolute Gasteiger partial charge is 0.150 e. The van der Waals surface area contributed by atoms with Gasteiger partial charge in [-0.05, 0) is 36.4 Å². The van der Waals surface area contributed by atoms with Crippen molar-refractivity contribution in [2.75, 3.05) is 6.26 Å². The topological polar surface area (TPSA) is 46.5 Å². The molecule has 0 N–H and O–H groups in total. The standard InChI is InChI=1S/C14H13NO2S/c1-18(17,14-5-3-2-4-6-14)15-13-9-7-12(11-16)8-10-13/h2-11H,1H3. The summed E-state index contributed by atoms with van der Waals surface area (Å²) < 4.78 is 16.7. The van der Waals surface area contributed by atoms with Crippen molar-refractivity contribution in [1.29, 1.82) is 0 Å². The highest BCUT2D eigenvalue weighted by molar-refractivity contribution is 7.93. The van der Waals surface area contributed by atoms with Gasteiger partial charge in [0.05, 0.1) is 15.4 Å². The van der Waals surface area contributed by atoms with E-state index < -0.39 is 9.73 Å². The zero-order valence-electron chi connectivity index (χ0n) is 9.95. The van der Waals surface area contributed by atoms with Crippen LogP contribution in [-0.2, 0) is 9.73 Å². The Morgan fingerprint density at radius 2 is 1.61 bits per heavy atom. The Hall–Kier alpha value is -1.94. The molecule has 0 spiro atoms. The number of nitrogens with zero attached hydrogens (tertiary/aromatic N) is 1. The Labute approximate surface area is 107 Å². The van der Waals surface area contributed by atoms with Crippen LogP contribution in [0, 0.1) is 0 Å². The molecule has 1 atom stereocenters. The number of rotatable bonds is 3. The Bertz CT molecular complexity index is 654. The van der Waals surface area contributed by atoms with Gasteiger partial charge < -0.3 is 0 Å². The number of aldehydes is 1. The van der Waals surface area contributed by atoms with Crippen molar-refractivity contribution in [3.05, 3.63) is 60.2 Å². The van der Waals surface area contributed by atoms with Crippen LogP contribution in [0.2, 0.25) is 0 Å². The number of benzene rings is 2. The van der Waals surface area contributed by atoms with Crippen molar-refractivity contribution in [2.24, 2.45) is 4.36 Å². The van der Waals surface area contributed by atoms with E-state index in [1.807, 2.05) is 18.2 Å². The van der Waals surface area contributed by atoms with Crippen molar-refractivity contribution in [3.8, 4) is 0 Å². The second-order valence-corrected chi connectivity index (χ2v) is 6.18. The summed E-state index contributed by atoms with van der Waals surface area (Å²) in [6, 6.07) is 15.8. The van der Waals surface area contributed by atoms with Gasteiger partial charge in [0.1, 0.15) is 6.29 Å². The molecule has 0 saturated heterocycles. The molecule has 3 nitrogen and oxygen atoms in total. The summed E-state index contributed by atoms with van der Waals surface area (Å²) in [5, 5.41) is 0. The molecule has 0 aliphatic heterocycles. The summed E-state index contributed by atoms with van der Waals surface area (Å²) in [6.45, 7) is 0. The van der Waals surface area contributed by atoms with Gasteiger partial charge in [0.25, 0.3) is 0 Å². The molecule has 0 radical (unpaired) electrons. The van der Waals surface area contributed by atoms with E-state index in [1.54, 1.807) is 42.7 Å². The third-order valence-corrected chi connectivity index (χ3v) is 4.20. The van der Waals surface area contributed by atoms with E-state index in [1.165, 1.54) is 0 Å². The van der Waals surface area contributed by atoms with Crippen LogP contribution in [0.1, 0.15) is 10.4 Å². The third-order valence-electron chi connectivity index (χ3n) is 2.49. The van der Waals surface area contributed by atoms with E-state index in [-0.39, 0.29) is 0 Å². The van der Waals surface area contributed by atoms with E-state index in [2.05, 4.69) is 4.36 Å². The highest BCUT2D eigenvalue weighted by atomic mass is 32.2. The van der Waals surface area contributed by atoms with E-state index in [0.29, 0.717) is 16.1 Å². The lowest BCUT2D eigenvalue weighted by atomic mass is 10.2. The fourth-order valence-electron chi connectivity index (χ4n) is 1.54. The van der Waals surface area contributed by atoms with E-state index in [4.69, 9.17) is 0 Å². The normalized spacial score (nSPS) is 13.6. The van der Waals surface area contributed by atoms with Gasteiger partial charge >= 0.3 is 0 Å². The summed E-state index contributed by atoms with van der Waals surface area (Å²) in [7, 11) is -2.45. The summed E-state index contributed by atoms with van der Waals surface area (Å²) in [6.07, 6.45) is 2.38. The molecule has 0 bridgehead atoms. The molecule has 2 rings (SSSR count). The molecule has 0 aromatic heterocycles. The van der Waals surface area contributed by atoms with Crippen molar-refractivity contribution in [3.63, 3.8) is 0 Å². The van der Waals surface area contributed by atoms with E-state index in [9.17, 15) is 9.00 Å². The zero-order chi connectivity index (χ0) is 13.0. The van der Waals surface area contributed by atoms with E-state index >= 15 is 0 Å². The number of hydrogen-bond donors (Lipinski definition) is 0. The molecule has 2 aromatic carbocycles. The van der Waals surface area contributed by atoms with Crippen LogP contribution in [0.15, 0.2) is 63.9 Å². The summed E-state index contributed by atoms with van der Waals surface area (Å²) >= 11 is 0. The Balaban J connectivity index is 2.43. The zero-order valence-corrected chi connectivity index (χ0v) is 10.8. The van der Waals surface area contributed by atoms with Gasteiger partial charge in [-0.1, -0.05) is 18.2 Å². The minimum atomic E-state index is -2.45. The fourth-order valence-corrected chi connectivity index (χ4v) is 2.83. The first-order chi connectivity index (χ1) is 8.62. The predicted octanol–water partition coefficient (Wildman–Crippen LogP) is 3.29. The lowest BCUT2D eigenvalue weighted by molar-refractivity contribution is 0.112. The molecule has 0 heterocycles. The van der Waals surface area contributed by atoms with E-state index in [0.717, 1.165) is 6.29 Å². The molecular weight excluding hydrogens is 246 g/mol. The summed E-state index contributed by atoms with van der Waals surface area (Å²) in [5.74, 6) is 0. The van der Waals surface area contributed by atoms with Gasteiger partial charge in [-0.2, -0.15) is 4.36 Å². The van der Waals surface area contributed by atoms with Crippen molar-refractivity contribution in [2.45, 2.75) is 4.90 Å². The van der Waals surface area contributed by atoms with Crippen LogP contribution in [0.25, 0.3) is 0 Å². The molecule has 0 amide bonds. The molecule has 0 aliphatic carbocycles. The molecule has 1 unspecified atom stereocenters. The van der Waals surface area contributed by atoms with Gasteiger partial charge in [0.2, 0.25) is 0 Å². The highest BCUT2D eigenvalue weighted by Crippen LogP contribution is 2.19. The second-order valence-electron chi connectivity index (χ2n) is 3.92. The molecular formula is C14H13NO2S. The van der Waals surface area contributed by atoms with Crippen LogP contribution in [0.3, 0.4) is 0 Å². The summed E-state index contributed by atoms with van der Waals surface area (Å²) in [4.78, 5) is 11.2. The largest absolute Gasteiger partial charge is 0.298 e. The number of hydrogen-bond acceptors (Lipinski definition) is 3. The number of carbonyl (C=O) groups excluding carboxylic acids is 1. The maximum atomic E-state index is 12.5. The van der Waals surface area contributed by atoms with Crippen LogP contribution in [-0.4, -0.2) is 16.8 Å². The molecule has 0 saturated carbocycles. The maximum Gasteiger partial charge on any atom is 0.150 e. The Morgan fingerprint density at radius 3 is 2.17 bits per heavy atom. The first-order valence-corrected chi connectivity index (χ1v) is 7.36. The lowest BCUT2D eigenvalue weighted by Crippen LogP contribution is -1.96. The SMILES string of the molecule is CS(=O)(=Nc1ccc(C=O)cc1)c1ccccc1. The molecule has 92 valence electrons. The quantitative estimate of drug-likeness (QED) is 0.794. The predicted molar refractivity (Wildman–Crippen MR) is 72.7 cm³/mol. The molecule has 18 heavy (non-hydrogen) atoms. The van der Waals surface area contributed by atoms with Crippen LogP contribution < -0.4 is 0 Å². The fraction of sp³-hybridized carbons (Fsp3) is 0.0714.